The van der Waals surface area contributed by atoms with Gasteiger partial charge in [0.05, 0.1) is 0 Å². The lowest BCUT2D eigenvalue weighted by atomic mass is 9.65. The Labute approximate surface area is 69.0 Å². The Morgan fingerprint density at radius 1 is 1.50 bits per heavy atom. The zero-order valence-electron chi connectivity index (χ0n) is 7.10. The van der Waals surface area contributed by atoms with Crippen LogP contribution in [-0.4, -0.2) is 5.38 Å². The third kappa shape index (κ3) is 1.32. The van der Waals surface area contributed by atoms with E-state index in [1.165, 1.54) is 6.42 Å². The van der Waals surface area contributed by atoms with Gasteiger partial charge in [0.2, 0.25) is 0 Å². The SMILES string of the molecule is CCC(Cl)C1CC(C)C1C. The van der Waals surface area contributed by atoms with Gasteiger partial charge >= 0.3 is 0 Å². The minimum Gasteiger partial charge on any atom is -0.123 e. The molecular formula is C9H17Cl. The predicted molar refractivity (Wildman–Crippen MR) is 46.4 cm³/mol. The van der Waals surface area contributed by atoms with E-state index in [1.807, 2.05) is 0 Å². The summed E-state index contributed by atoms with van der Waals surface area (Å²) in [6, 6.07) is 0. The van der Waals surface area contributed by atoms with Crippen LogP contribution in [0.25, 0.3) is 0 Å². The van der Waals surface area contributed by atoms with E-state index in [4.69, 9.17) is 11.6 Å². The van der Waals surface area contributed by atoms with E-state index in [-0.39, 0.29) is 0 Å². The molecule has 0 N–H and O–H groups in total. The van der Waals surface area contributed by atoms with Gasteiger partial charge in [0.25, 0.3) is 0 Å². The third-order valence-electron chi connectivity index (χ3n) is 3.07. The van der Waals surface area contributed by atoms with Crippen LogP contribution in [0.3, 0.4) is 0 Å². The second kappa shape index (κ2) is 3.13. The molecule has 0 aliphatic heterocycles. The molecule has 0 radical (unpaired) electrons. The standard InChI is InChI=1S/C9H17Cl/c1-4-9(10)8-5-6(2)7(8)3/h6-9H,4-5H2,1-3H3. The van der Waals surface area contributed by atoms with E-state index < -0.39 is 0 Å². The lowest BCUT2D eigenvalue weighted by Gasteiger charge is -2.43. The molecular weight excluding hydrogens is 144 g/mol. The predicted octanol–water partition coefficient (Wildman–Crippen LogP) is 3.30. The summed E-state index contributed by atoms with van der Waals surface area (Å²) in [5, 5.41) is 0.436. The van der Waals surface area contributed by atoms with Crippen LogP contribution >= 0.6 is 11.6 Å². The van der Waals surface area contributed by atoms with Crippen LogP contribution in [0.1, 0.15) is 33.6 Å². The van der Waals surface area contributed by atoms with Gasteiger partial charge in [0.15, 0.2) is 0 Å². The lowest BCUT2D eigenvalue weighted by molar-refractivity contribution is 0.0979. The number of rotatable bonds is 2. The van der Waals surface area contributed by atoms with E-state index in [0.717, 1.165) is 24.2 Å². The van der Waals surface area contributed by atoms with Crippen LogP contribution in [0.5, 0.6) is 0 Å². The van der Waals surface area contributed by atoms with Gasteiger partial charge in [-0.25, -0.2) is 0 Å². The van der Waals surface area contributed by atoms with Gasteiger partial charge in [-0.05, 0) is 30.6 Å². The molecule has 0 aromatic rings. The molecule has 0 spiro atoms. The number of halogens is 1. The Hall–Kier alpha value is 0.290. The molecule has 0 amide bonds. The maximum absolute atomic E-state index is 6.13. The van der Waals surface area contributed by atoms with Crippen molar-refractivity contribution in [2.45, 2.75) is 39.0 Å². The van der Waals surface area contributed by atoms with Gasteiger partial charge in [0, 0.05) is 5.38 Å². The summed E-state index contributed by atoms with van der Waals surface area (Å²) in [4.78, 5) is 0. The van der Waals surface area contributed by atoms with E-state index in [0.29, 0.717) is 5.38 Å². The number of hydrogen-bond acceptors (Lipinski definition) is 0. The van der Waals surface area contributed by atoms with Crippen LogP contribution in [0, 0.1) is 17.8 Å². The molecule has 1 heteroatoms. The molecule has 4 unspecified atom stereocenters. The van der Waals surface area contributed by atoms with Gasteiger partial charge in [0.1, 0.15) is 0 Å². The second-order valence-electron chi connectivity index (χ2n) is 3.66. The Kier molecular flexibility index (Phi) is 2.62. The smallest absolute Gasteiger partial charge is 0.0364 e. The molecule has 1 rings (SSSR count). The fourth-order valence-corrected chi connectivity index (χ4v) is 2.20. The molecule has 1 fully saturated rings. The summed E-state index contributed by atoms with van der Waals surface area (Å²) >= 11 is 6.13. The van der Waals surface area contributed by atoms with Crippen molar-refractivity contribution in [3.05, 3.63) is 0 Å². The van der Waals surface area contributed by atoms with Crippen molar-refractivity contribution in [3.8, 4) is 0 Å². The molecule has 0 saturated heterocycles. The number of alkyl halides is 1. The van der Waals surface area contributed by atoms with Crippen LogP contribution in [0.4, 0.5) is 0 Å². The third-order valence-corrected chi connectivity index (χ3v) is 3.70. The molecule has 10 heavy (non-hydrogen) atoms. The Morgan fingerprint density at radius 2 is 2.10 bits per heavy atom. The van der Waals surface area contributed by atoms with Crippen molar-refractivity contribution >= 4 is 11.6 Å². The van der Waals surface area contributed by atoms with E-state index in [1.54, 1.807) is 0 Å². The summed E-state index contributed by atoms with van der Waals surface area (Å²) in [7, 11) is 0. The van der Waals surface area contributed by atoms with E-state index in [9.17, 15) is 0 Å². The summed E-state index contributed by atoms with van der Waals surface area (Å²) in [6.07, 6.45) is 2.48. The first-order valence-electron chi connectivity index (χ1n) is 4.30. The summed E-state index contributed by atoms with van der Waals surface area (Å²) in [5.74, 6) is 2.59. The van der Waals surface area contributed by atoms with Crippen LogP contribution in [-0.2, 0) is 0 Å². The molecule has 0 heterocycles. The first-order valence-corrected chi connectivity index (χ1v) is 4.74. The molecule has 1 aliphatic carbocycles. The lowest BCUT2D eigenvalue weighted by Crippen LogP contribution is -2.38. The maximum Gasteiger partial charge on any atom is 0.0364 e. The van der Waals surface area contributed by atoms with Crippen molar-refractivity contribution in [1.29, 1.82) is 0 Å². The molecule has 0 aromatic carbocycles. The fourth-order valence-electron chi connectivity index (χ4n) is 1.86. The van der Waals surface area contributed by atoms with Gasteiger partial charge in [-0.2, -0.15) is 0 Å². The Morgan fingerprint density at radius 3 is 2.40 bits per heavy atom. The molecule has 0 aromatic heterocycles. The highest BCUT2D eigenvalue weighted by molar-refractivity contribution is 6.20. The molecule has 1 aliphatic rings. The number of hydrogen-bond donors (Lipinski definition) is 0. The highest BCUT2D eigenvalue weighted by Crippen LogP contribution is 2.44. The summed E-state index contributed by atoms with van der Waals surface area (Å²) < 4.78 is 0. The van der Waals surface area contributed by atoms with Gasteiger partial charge < -0.3 is 0 Å². The molecule has 1 saturated carbocycles. The van der Waals surface area contributed by atoms with Crippen molar-refractivity contribution in [1.82, 2.24) is 0 Å². The summed E-state index contributed by atoms with van der Waals surface area (Å²) in [6.45, 7) is 6.82. The Bertz CT molecular complexity index is 107. The average molecular weight is 161 g/mol. The van der Waals surface area contributed by atoms with E-state index in [2.05, 4.69) is 20.8 Å². The molecule has 0 nitrogen and oxygen atoms in total. The highest BCUT2D eigenvalue weighted by Gasteiger charge is 2.37. The van der Waals surface area contributed by atoms with Gasteiger partial charge in [-0.15, -0.1) is 11.6 Å². The van der Waals surface area contributed by atoms with Crippen molar-refractivity contribution in [3.63, 3.8) is 0 Å². The fraction of sp³-hybridized carbons (Fsp3) is 1.00. The Balaban J connectivity index is 2.32. The quantitative estimate of drug-likeness (QED) is 0.544. The topological polar surface area (TPSA) is 0 Å². The van der Waals surface area contributed by atoms with Gasteiger partial charge in [-0.3, -0.25) is 0 Å². The molecule has 0 bridgehead atoms. The zero-order chi connectivity index (χ0) is 7.72. The normalized spacial score (nSPS) is 42.6. The zero-order valence-corrected chi connectivity index (χ0v) is 7.86. The molecule has 60 valence electrons. The minimum atomic E-state index is 0.436. The van der Waals surface area contributed by atoms with E-state index >= 15 is 0 Å². The second-order valence-corrected chi connectivity index (χ2v) is 4.22. The maximum atomic E-state index is 6.13. The van der Waals surface area contributed by atoms with Crippen LogP contribution in [0.2, 0.25) is 0 Å². The van der Waals surface area contributed by atoms with Gasteiger partial charge in [-0.1, -0.05) is 20.8 Å². The van der Waals surface area contributed by atoms with Crippen LogP contribution < -0.4 is 0 Å². The van der Waals surface area contributed by atoms with Crippen molar-refractivity contribution in [2.75, 3.05) is 0 Å². The largest absolute Gasteiger partial charge is 0.123 e. The first-order chi connectivity index (χ1) is 4.66. The van der Waals surface area contributed by atoms with Crippen molar-refractivity contribution in [2.24, 2.45) is 17.8 Å². The summed E-state index contributed by atoms with van der Waals surface area (Å²) in [5.41, 5.74) is 0. The highest BCUT2D eigenvalue weighted by atomic mass is 35.5. The minimum absolute atomic E-state index is 0.436. The first kappa shape index (κ1) is 8.39. The average Bonchev–Trinajstić information content (AvgIpc) is 1.98. The van der Waals surface area contributed by atoms with Crippen LogP contribution in [0.15, 0.2) is 0 Å². The van der Waals surface area contributed by atoms with Crippen molar-refractivity contribution < 1.29 is 0 Å². The monoisotopic (exact) mass is 160 g/mol. The molecule has 4 atom stereocenters.